The maximum atomic E-state index is 8.85. The predicted molar refractivity (Wildman–Crippen MR) is 54.9 cm³/mol. The summed E-state index contributed by atoms with van der Waals surface area (Å²) in [5, 5.41) is 8.85. The molecule has 1 rings (SSSR count). The van der Waals surface area contributed by atoms with Crippen LogP contribution < -0.4 is 4.74 Å². The Morgan fingerprint density at radius 3 is 2.64 bits per heavy atom. The van der Waals surface area contributed by atoms with Crippen LogP contribution in [0.15, 0.2) is 18.2 Å². The summed E-state index contributed by atoms with van der Waals surface area (Å²) < 4.78 is 5.44. The highest BCUT2D eigenvalue weighted by molar-refractivity contribution is 5.49. The van der Waals surface area contributed by atoms with Crippen LogP contribution in [0.2, 0.25) is 0 Å². The lowest BCUT2D eigenvalue weighted by Crippen LogP contribution is -2.06. The van der Waals surface area contributed by atoms with E-state index in [1.807, 2.05) is 13.8 Å². The number of hydrogen-bond donors (Lipinski definition) is 0. The summed E-state index contributed by atoms with van der Waals surface area (Å²) in [5.74, 6) is 3.06. The molecular weight excluding hydrogens is 174 g/mol. The molecular formula is C12H11NO. The molecule has 1 aromatic rings. The first kappa shape index (κ1) is 10.2. The van der Waals surface area contributed by atoms with Gasteiger partial charge in [0, 0.05) is 5.56 Å². The third kappa shape index (κ3) is 2.28. The Labute approximate surface area is 84.1 Å². The second-order valence-electron chi connectivity index (χ2n) is 3.13. The lowest BCUT2D eigenvalue weighted by atomic mass is 10.1. The maximum Gasteiger partial charge on any atom is 0.137 e. The van der Waals surface area contributed by atoms with Gasteiger partial charge < -0.3 is 4.74 Å². The maximum absolute atomic E-state index is 8.85. The number of ether oxygens (including phenoxy) is 1. The molecule has 70 valence electrons. The lowest BCUT2D eigenvalue weighted by Gasteiger charge is -2.10. The monoisotopic (exact) mass is 185 g/mol. The van der Waals surface area contributed by atoms with Crippen LogP contribution in [0.25, 0.3) is 0 Å². The van der Waals surface area contributed by atoms with Gasteiger partial charge in [-0.3, -0.25) is 0 Å². The predicted octanol–water partition coefficient (Wildman–Crippen LogP) is 2.33. The molecule has 0 fully saturated rings. The van der Waals surface area contributed by atoms with E-state index in [1.165, 1.54) is 0 Å². The minimum atomic E-state index is 0.0544. The van der Waals surface area contributed by atoms with Crippen LogP contribution in [-0.2, 0) is 0 Å². The smallest absolute Gasteiger partial charge is 0.137 e. The van der Waals surface area contributed by atoms with Crippen LogP contribution in [0.1, 0.15) is 25.0 Å². The van der Waals surface area contributed by atoms with Gasteiger partial charge in [0.25, 0.3) is 0 Å². The van der Waals surface area contributed by atoms with E-state index in [2.05, 4.69) is 12.0 Å². The van der Waals surface area contributed by atoms with Gasteiger partial charge in [0.15, 0.2) is 0 Å². The van der Waals surface area contributed by atoms with Gasteiger partial charge in [-0.25, -0.2) is 0 Å². The van der Waals surface area contributed by atoms with Crippen molar-refractivity contribution in [1.29, 1.82) is 5.26 Å². The Morgan fingerprint density at radius 2 is 2.14 bits per heavy atom. The third-order valence-electron chi connectivity index (χ3n) is 1.63. The molecule has 0 unspecified atom stereocenters. The normalized spacial score (nSPS) is 9.21. The fraction of sp³-hybridized carbons (Fsp3) is 0.250. The van der Waals surface area contributed by atoms with Gasteiger partial charge in [-0.05, 0) is 32.0 Å². The van der Waals surface area contributed by atoms with E-state index in [-0.39, 0.29) is 6.10 Å². The zero-order valence-corrected chi connectivity index (χ0v) is 8.24. The average molecular weight is 185 g/mol. The molecule has 2 nitrogen and oxygen atoms in total. The summed E-state index contributed by atoms with van der Waals surface area (Å²) in [5.41, 5.74) is 1.17. The van der Waals surface area contributed by atoms with Gasteiger partial charge >= 0.3 is 0 Å². The van der Waals surface area contributed by atoms with E-state index in [1.54, 1.807) is 18.2 Å². The zero-order chi connectivity index (χ0) is 10.6. The fourth-order valence-corrected chi connectivity index (χ4v) is 1.06. The van der Waals surface area contributed by atoms with Crippen molar-refractivity contribution in [3.05, 3.63) is 29.3 Å². The first-order chi connectivity index (χ1) is 6.67. The minimum absolute atomic E-state index is 0.0544. The highest BCUT2D eigenvalue weighted by Crippen LogP contribution is 2.20. The number of nitrogens with zero attached hydrogens (tertiary/aromatic N) is 1. The number of nitriles is 1. The van der Waals surface area contributed by atoms with Gasteiger partial charge in [0.05, 0.1) is 11.7 Å². The van der Waals surface area contributed by atoms with Gasteiger partial charge in [-0.1, -0.05) is 5.92 Å². The molecule has 2 heteroatoms. The number of benzene rings is 1. The van der Waals surface area contributed by atoms with Gasteiger partial charge in [-0.15, -0.1) is 6.42 Å². The molecule has 0 aliphatic heterocycles. The van der Waals surface area contributed by atoms with Gasteiger partial charge in [-0.2, -0.15) is 5.26 Å². The van der Waals surface area contributed by atoms with Crippen LogP contribution >= 0.6 is 0 Å². The van der Waals surface area contributed by atoms with Crippen molar-refractivity contribution in [3.63, 3.8) is 0 Å². The second-order valence-corrected chi connectivity index (χ2v) is 3.13. The van der Waals surface area contributed by atoms with Crippen molar-refractivity contribution in [2.75, 3.05) is 0 Å². The molecule has 14 heavy (non-hydrogen) atoms. The van der Waals surface area contributed by atoms with Crippen LogP contribution in [-0.4, -0.2) is 6.10 Å². The summed E-state index contributed by atoms with van der Waals surface area (Å²) in [6.45, 7) is 3.83. The van der Waals surface area contributed by atoms with Crippen LogP contribution in [0, 0.1) is 23.7 Å². The SMILES string of the molecule is C#Cc1ccc(OC(C)C)c(C#N)c1. The van der Waals surface area contributed by atoms with Gasteiger partial charge in [0.1, 0.15) is 11.8 Å². The zero-order valence-electron chi connectivity index (χ0n) is 8.24. The number of rotatable bonds is 2. The average Bonchev–Trinajstić information content (AvgIpc) is 2.17. The topological polar surface area (TPSA) is 33.0 Å². The molecule has 0 aliphatic rings. The molecule has 0 radical (unpaired) electrons. The molecule has 0 spiro atoms. The molecule has 0 bridgehead atoms. The Bertz CT molecular complexity index is 407. The van der Waals surface area contributed by atoms with Crippen molar-refractivity contribution in [2.45, 2.75) is 20.0 Å². The van der Waals surface area contributed by atoms with Crippen molar-refractivity contribution in [3.8, 4) is 24.2 Å². The van der Waals surface area contributed by atoms with Crippen molar-refractivity contribution in [1.82, 2.24) is 0 Å². The molecule has 0 aromatic heterocycles. The van der Waals surface area contributed by atoms with Crippen LogP contribution in [0.3, 0.4) is 0 Å². The summed E-state index contributed by atoms with van der Waals surface area (Å²) in [4.78, 5) is 0. The minimum Gasteiger partial charge on any atom is -0.490 e. The molecule has 0 heterocycles. The Hall–Kier alpha value is -1.93. The van der Waals surface area contributed by atoms with Crippen molar-refractivity contribution >= 4 is 0 Å². The van der Waals surface area contributed by atoms with Crippen molar-refractivity contribution in [2.24, 2.45) is 0 Å². The summed E-state index contributed by atoms with van der Waals surface area (Å²) in [6, 6.07) is 7.20. The molecule has 1 aromatic carbocycles. The summed E-state index contributed by atoms with van der Waals surface area (Å²) in [6.07, 6.45) is 5.28. The number of hydrogen-bond acceptors (Lipinski definition) is 2. The Balaban J connectivity index is 3.08. The first-order valence-electron chi connectivity index (χ1n) is 4.34. The van der Waals surface area contributed by atoms with E-state index < -0.39 is 0 Å². The van der Waals surface area contributed by atoms with E-state index in [4.69, 9.17) is 16.4 Å². The number of terminal acetylenes is 1. The standard InChI is InChI=1S/C12H11NO/c1-4-10-5-6-12(14-9(2)3)11(7-10)8-13/h1,5-7,9H,2-3H3. The quantitative estimate of drug-likeness (QED) is 0.662. The third-order valence-corrected chi connectivity index (χ3v) is 1.63. The molecule has 0 saturated heterocycles. The van der Waals surface area contributed by atoms with Crippen LogP contribution in [0.5, 0.6) is 5.75 Å². The summed E-state index contributed by atoms with van der Waals surface area (Å²) >= 11 is 0. The highest BCUT2D eigenvalue weighted by Gasteiger charge is 2.05. The second kappa shape index (κ2) is 4.35. The molecule has 0 amide bonds. The molecule has 0 aliphatic carbocycles. The molecule has 0 saturated carbocycles. The first-order valence-corrected chi connectivity index (χ1v) is 4.34. The molecule has 0 atom stereocenters. The van der Waals surface area contributed by atoms with E-state index in [9.17, 15) is 0 Å². The van der Waals surface area contributed by atoms with E-state index in [0.29, 0.717) is 16.9 Å². The molecule has 0 N–H and O–H groups in total. The Morgan fingerprint density at radius 1 is 1.43 bits per heavy atom. The summed E-state index contributed by atoms with van der Waals surface area (Å²) in [7, 11) is 0. The van der Waals surface area contributed by atoms with Crippen LogP contribution in [0.4, 0.5) is 0 Å². The Kier molecular flexibility index (Phi) is 3.15. The lowest BCUT2D eigenvalue weighted by molar-refractivity contribution is 0.241. The van der Waals surface area contributed by atoms with Gasteiger partial charge in [0.2, 0.25) is 0 Å². The highest BCUT2D eigenvalue weighted by atomic mass is 16.5. The fourth-order valence-electron chi connectivity index (χ4n) is 1.06. The van der Waals surface area contributed by atoms with Crippen molar-refractivity contribution < 1.29 is 4.74 Å². The van der Waals surface area contributed by atoms with E-state index in [0.717, 1.165) is 0 Å². The largest absolute Gasteiger partial charge is 0.490 e. The van der Waals surface area contributed by atoms with E-state index >= 15 is 0 Å².